The smallest absolute Gasteiger partial charge is 0.825 e. The minimum absolute atomic E-state index is 0. The monoisotopic (exact) mass is 632 g/mol. The summed E-state index contributed by atoms with van der Waals surface area (Å²) in [4.78, 5) is 131. The van der Waals surface area contributed by atoms with Crippen LogP contribution in [0.5, 0.6) is 0 Å². The van der Waals surface area contributed by atoms with Crippen LogP contribution in [0.15, 0.2) is 0 Å². The zero-order valence-corrected chi connectivity index (χ0v) is 25.2. The standard InChI is InChI=1S/5FH3O3Si.FHO3Si.2Na/c6*1-5(2,3)4;;/h5*2-4H;2H;;/q;;;;;-2;2*+1. The molecule has 0 saturated carbocycles. The van der Waals surface area contributed by atoms with Crippen LogP contribution in [0.3, 0.4) is 0 Å². The molecule has 18 nitrogen and oxygen atoms in total. The summed E-state index contributed by atoms with van der Waals surface area (Å²) in [6.07, 6.45) is 0. The molecule has 0 spiro atoms. The first kappa shape index (κ1) is 54.9. The van der Waals surface area contributed by atoms with Crippen LogP contribution >= 0.6 is 0 Å². The van der Waals surface area contributed by atoms with Gasteiger partial charge >= 0.3 is 105 Å². The molecule has 0 aliphatic rings. The van der Waals surface area contributed by atoms with Crippen LogP contribution in [0, 0.1) is 0 Å². The van der Waals surface area contributed by atoms with E-state index in [1.165, 1.54) is 0 Å². The second-order valence-electron chi connectivity index (χ2n) is 3.27. The Morgan fingerprint density at radius 1 is 0.312 bits per heavy atom. The van der Waals surface area contributed by atoms with Gasteiger partial charge in [-0.15, -0.1) is 0 Å². The summed E-state index contributed by atoms with van der Waals surface area (Å²) < 4.78 is 62.7. The molecular formula is H16F6Na2O18Si6. The van der Waals surface area contributed by atoms with E-state index < -0.39 is 54.8 Å². The van der Waals surface area contributed by atoms with Crippen molar-refractivity contribution >= 4 is 54.8 Å². The van der Waals surface area contributed by atoms with Gasteiger partial charge in [0.05, 0.1) is 0 Å². The Morgan fingerprint density at radius 3 is 0.312 bits per heavy atom. The maximum Gasteiger partial charge on any atom is 1.00 e. The third kappa shape index (κ3) is 6690. The molecule has 0 amide bonds. The first-order valence-corrected chi connectivity index (χ1v) is 15.4. The van der Waals surface area contributed by atoms with Crippen LogP contribution in [0.1, 0.15) is 0 Å². The van der Waals surface area contributed by atoms with E-state index in [4.69, 9.17) is 86.3 Å². The van der Waals surface area contributed by atoms with Crippen molar-refractivity contribution in [1.82, 2.24) is 0 Å². The molecule has 0 atom stereocenters. The van der Waals surface area contributed by atoms with Crippen molar-refractivity contribution in [3.05, 3.63) is 0 Å². The van der Waals surface area contributed by atoms with E-state index in [1.54, 1.807) is 0 Å². The van der Waals surface area contributed by atoms with Gasteiger partial charge in [-0.3, -0.25) is 0 Å². The zero-order chi connectivity index (χ0) is 27.0. The molecule has 0 heterocycles. The average Bonchev–Trinajstić information content (AvgIpc) is 1.94. The predicted molar refractivity (Wildman–Crippen MR) is 76.7 cm³/mol. The van der Waals surface area contributed by atoms with Crippen LogP contribution in [0.4, 0.5) is 24.6 Å². The van der Waals surface area contributed by atoms with E-state index in [9.17, 15) is 24.6 Å². The molecule has 0 aliphatic carbocycles. The van der Waals surface area contributed by atoms with E-state index in [2.05, 4.69) is 0 Å². The first-order chi connectivity index (χ1) is 12.0. The van der Waals surface area contributed by atoms with Crippen molar-refractivity contribution in [3.63, 3.8) is 0 Å². The summed E-state index contributed by atoms with van der Waals surface area (Å²) >= 11 is 0. The second kappa shape index (κ2) is 23.6. The molecule has 0 bridgehead atoms. The number of rotatable bonds is 0. The summed E-state index contributed by atoms with van der Waals surface area (Å²) in [6, 6.07) is 0. The Bertz CT molecular complexity index is 238. The quantitative estimate of drug-likeness (QED) is 0.0669. The largest absolute Gasteiger partial charge is 1.00 e. The fourth-order valence-corrected chi connectivity index (χ4v) is 0. The molecule has 0 aliphatic heterocycles. The normalized spacial score (nSPS) is 11.2. The number of hydrogen-bond acceptors (Lipinski definition) is 18. The molecular weight excluding hydrogens is 616 g/mol. The van der Waals surface area contributed by atoms with Gasteiger partial charge < -0.3 is 90.4 Å². The van der Waals surface area contributed by atoms with Crippen LogP contribution in [0.25, 0.3) is 0 Å². The summed E-state index contributed by atoms with van der Waals surface area (Å²) in [5.41, 5.74) is 0. The van der Waals surface area contributed by atoms with Crippen molar-refractivity contribution in [2.75, 3.05) is 0 Å². The summed E-state index contributed by atoms with van der Waals surface area (Å²) in [7, 11) is -31.2. The van der Waals surface area contributed by atoms with Gasteiger partial charge in [0.25, 0.3) is 0 Å². The van der Waals surface area contributed by atoms with E-state index >= 15 is 0 Å². The van der Waals surface area contributed by atoms with Crippen molar-refractivity contribution in [2.24, 2.45) is 0 Å². The third-order valence-electron chi connectivity index (χ3n) is 0. The van der Waals surface area contributed by atoms with Gasteiger partial charge in [0.15, 0.2) is 0 Å². The maximum atomic E-state index is 10.5. The molecule has 0 rings (SSSR count). The molecule has 32 heteroatoms. The maximum absolute atomic E-state index is 10.5. The Kier molecular flexibility index (Phi) is 40.4. The fraction of sp³-hybridized carbons (Fsp3) is 0. The van der Waals surface area contributed by atoms with Gasteiger partial charge in [0.1, 0.15) is 0 Å². The molecule has 32 heavy (non-hydrogen) atoms. The number of hydrogen-bond donors (Lipinski definition) is 16. The van der Waals surface area contributed by atoms with Crippen LogP contribution in [-0.2, 0) is 0 Å². The molecule has 0 saturated heterocycles. The van der Waals surface area contributed by atoms with Crippen molar-refractivity contribution in [3.8, 4) is 0 Å². The van der Waals surface area contributed by atoms with Gasteiger partial charge in [-0.1, -0.05) is 0 Å². The Morgan fingerprint density at radius 2 is 0.312 bits per heavy atom. The molecule has 0 aromatic heterocycles. The summed E-state index contributed by atoms with van der Waals surface area (Å²) in [6.45, 7) is 0. The van der Waals surface area contributed by atoms with Crippen LogP contribution < -0.4 is 68.7 Å². The topological polar surface area (TPSA) is 370 Å². The first-order valence-electron chi connectivity index (χ1n) is 5.12. The Labute approximate surface area is 223 Å². The molecule has 0 aromatic carbocycles. The van der Waals surface area contributed by atoms with Crippen LogP contribution in [0.2, 0.25) is 0 Å². The predicted octanol–water partition coefficient (Wildman–Crippen LogP) is -17.0. The molecule has 0 unspecified atom stereocenters. The molecule has 0 radical (unpaired) electrons. The van der Waals surface area contributed by atoms with Gasteiger partial charge in [0.2, 0.25) is 9.14 Å². The molecule has 0 aromatic rings. The van der Waals surface area contributed by atoms with E-state index in [-0.39, 0.29) is 59.1 Å². The zero-order valence-electron chi connectivity index (χ0n) is 15.2. The van der Waals surface area contributed by atoms with Gasteiger partial charge in [-0.25, -0.2) is 20.5 Å². The fourth-order valence-electron chi connectivity index (χ4n) is 0. The van der Waals surface area contributed by atoms with E-state index in [0.29, 0.717) is 0 Å². The Balaban J connectivity index is -0.0000000356. The number of halogens is 6. The molecule has 16 N–H and O–H groups in total. The SMILES string of the molecule is O[Si](O)(O)F.O[Si](O)(O)F.O[Si](O)(O)F.O[Si](O)(O)F.O[Si](O)(O)F.[Na+].[Na+].[O-][Si]([O-])(O)F. The van der Waals surface area contributed by atoms with Crippen molar-refractivity contribution in [2.45, 2.75) is 0 Å². The summed E-state index contributed by atoms with van der Waals surface area (Å²) in [5, 5.41) is 0. The van der Waals surface area contributed by atoms with Crippen LogP contribution in [-0.4, -0.2) is 132 Å². The van der Waals surface area contributed by atoms with Crippen molar-refractivity contribution in [1.29, 1.82) is 0 Å². The minimum atomic E-state index is -5.61. The third-order valence-corrected chi connectivity index (χ3v) is 0. The molecule has 0 fully saturated rings. The minimum Gasteiger partial charge on any atom is -0.825 e. The average molecular weight is 633 g/mol. The van der Waals surface area contributed by atoms with Gasteiger partial charge in [0, 0.05) is 0 Å². The van der Waals surface area contributed by atoms with Gasteiger partial charge in [-0.05, 0) is 0 Å². The van der Waals surface area contributed by atoms with E-state index in [0.717, 1.165) is 0 Å². The summed E-state index contributed by atoms with van der Waals surface area (Å²) in [5.74, 6) is 0. The van der Waals surface area contributed by atoms with E-state index in [1.807, 2.05) is 0 Å². The second-order valence-corrected chi connectivity index (χ2v) is 9.82. The van der Waals surface area contributed by atoms with Gasteiger partial charge in [-0.2, -0.15) is 0 Å². The van der Waals surface area contributed by atoms with Crippen molar-refractivity contribution < 1.29 is 170 Å². The molecule has 192 valence electrons. The Hall–Kier alpha value is 2.16.